The molecule has 0 aromatic rings. The fraction of sp³-hybridized carbons (Fsp3) is 0.889. The summed E-state index contributed by atoms with van der Waals surface area (Å²) in [5, 5.41) is 74.6. The molecule has 8 atom stereocenters. The molecule has 0 heterocycles. The molecule has 1 rings (SSSR count). The van der Waals surface area contributed by atoms with E-state index < -0.39 is 75.2 Å². The number of unbranched alkanes of at least 4 members (excludes halogenated alkanes) is 21. The van der Waals surface area contributed by atoms with E-state index in [9.17, 15) is 50.0 Å². The first-order valence-electron chi connectivity index (χ1n) is 23.4. The number of aliphatic hydroxyl groups is 7. The first kappa shape index (κ1) is 55.8. The zero-order chi connectivity index (χ0) is 43.7. The first-order valence-corrected chi connectivity index (χ1v) is 24.9. The van der Waals surface area contributed by atoms with Gasteiger partial charge in [0, 0.05) is 0 Å². The van der Waals surface area contributed by atoms with Gasteiger partial charge in [-0.25, -0.2) is 4.57 Å². The summed E-state index contributed by atoms with van der Waals surface area (Å²) in [5.41, 5.74) is 0. The van der Waals surface area contributed by atoms with E-state index in [1.165, 1.54) is 77.0 Å². The highest BCUT2D eigenvalue weighted by atomic mass is 31.2. The van der Waals surface area contributed by atoms with Gasteiger partial charge >= 0.3 is 7.82 Å². The molecule has 9 N–H and O–H groups in total. The summed E-state index contributed by atoms with van der Waals surface area (Å²) in [7, 11) is -5.12. The van der Waals surface area contributed by atoms with Crippen LogP contribution in [0.3, 0.4) is 0 Å². The number of phosphoric ester groups is 1. The van der Waals surface area contributed by atoms with Gasteiger partial charge in [-0.2, -0.15) is 0 Å². The number of allylic oxidation sites excluding steroid dienone is 4. The van der Waals surface area contributed by atoms with Gasteiger partial charge in [-0.05, 0) is 44.9 Å². The molecule has 0 bridgehead atoms. The molecule has 0 aliphatic heterocycles. The highest BCUT2D eigenvalue weighted by Crippen LogP contribution is 2.47. The van der Waals surface area contributed by atoms with Gasteiger partial charge in [0.05, 0.1) is 31.3 Å². The van der Waals surface area contributed by atoms with Gasteiger partial charge in [-0.1, -0.05) is 167 Å². The third kappa shape index (κ3) is 27.5. The molecule has 0 radical (unpaired) electrons. The number of rotatable bonds is 38. The third-order valence-electron chi connectivity index (χ3n) is 11.3. The molecule has 0 aromatic carbocycles. The van der Waals surface area contributed by atoms with Crippen molar-refractivity contribution in [2.24, 2.45) is 0 Å². The van der Waals surface area contributed by atoms with E-state index in [-0.39, 0.29) is 12.8 Å². The molecule has 0 aromatic heterocycles. The number of aliphatic hydroxyl groups excluding tert-OH is 7. The van der Waals surface area contributed by atoms with E-state index in [0.717, 1.165) is 77.0 Å². The molecule has 14 heteroatoms. The Labute approximate surface area is 356 Å². The maximum Gasteiger partial charge on any atom is 0.472 e. The van der Waals surface area contributed by atoms with Gasteiger partial charge in [-0.15, -0.1) is 0 Å². The largest absolute Gasteiger partial charge is 0.472 e. The first-order chi connectivity index (χ1) is 28.3. The van der Waals surface area contributed by atoms with Gasteiger partial charge in [-0.3, -0.25) is 13.8 Å². The fourth-order valence-electron chi connectivity index (χ4n) is 7.45. The highest BCUT2D eigenvalue weighted by Gasteiger charge is 2.51. The molecular formula is C45H86NO12P. The summed E-state index contributed by atoms with van der Waals surface area (Å²) < 4.78 is 22.9. The second-order valence-electron chi connectivity index (χ2n) is 16.8. The maximum atomic E-state index is 13.0. The minimum absolute atomic E-state index is 0.230. The zero-order valence-electron chi connectivity index (χ0n) is 36.7. The maximum absolute atomic E-state index is 13.0. The van der Waals surface area contributed by atoms with Crippen molar-refractivity contribution < 1.29 is 59.0 Å². The number of carbonyl (C=O) groups is 1. The van der Waals surface area contributed by atoms with Crippen LogP contribution >= 0.6 is 7.82 Å². The van der Waals surface area contributed by atoms with E-state index in [4.69, 9.17) is 9.05 Å². The molecule has 1 aliphatic rings. The van der Waals surface area contributed by atoms with Crippen molar-refractivity contribution in [1.82, 2.24) is 5.32 Å². The predicted molar refractivity (Wildman–Crippen MR) is 234 cm³/mol. The van der Waals surface area contributed by atoms with Crippen LogP contribution in [-0.4, -0.2) is 108 Å². The number of carbonyl (C=O) groups excluding carboxylic acids is 1. The van der Waals surface area contributed by atoms with Crippen LogP contribution in [-0.2, 0) is 18.4 Å². The molecule has 0 saturated heterocycles. The Balaban J connectivity index is 2.54. The SMILES string of the molecule is CCCCC/C=C\C/C=C\CCCCCCCC(O)CC(=O)NC(COP(=O)(O)OC1C(O)C(O)C(O)C(O)C1O)C(O)CCCCCCCCCCCCCCCC. The standard InChI is InChI=1S/C45H86NO12P/c1-3-5-7-9-11-13-15-17-19-20-22-24-26-28-30-32-36(47)34-39(49)46-37(35-57-59(55,56)58-45-43(53)41(51)40(50)42(52)44(45)54)38(48)33-31-29-27-25-23-21-18-16-14-12-10-8-6-4-2/h11,13,17,19,36-38,40-45,47-48,50-54H,3-10,12,14-16,18,20-35H2,1-2H3,(H,46,49)(H,55,56)/b13-11-,19-17-. The molecule has 59 heavy (non-hydrogen) atoms. The Bertz CT molecular complexity index is 1110. The molecule has 1 amide bonds. The van der Waals surface area contributed by atoms with E-state index >= 15 is 0 Å². The van der Waals surface area contributed by atoms with Crippen LogP contribution < -0.4 is 5.32 Å². The second kappa shape index (κ2) is 35.3. The Hall–Kier alpha value is -1.22. The van der Waals surface area contributed by atoms with Crippen molar-refractivity contribution in [2.75, 3.05) is 6.61 Å². The Kier molecular flexibility index (Phi) is 33.3. The van der Waals surface area contributed by atoms with Crippen molar-refractivity contribution in [3.8, 4) is 0 Å². The predicted octanol–water partition coefficient (Wildman–Crippen LogP) is 7.59. The minimum Gasteiger partial charge on any atom is -0.393 e. The molecule has 0 spiro atoms. The van der Waals surface area contributed by atoms with Crippen LogP contribution in [0.2, 0.25) is 0 Å². The van der Waals surface area contributed by atoms with E-state index in [1.807, 2.05) is 0 Å². The number of amides is 1. The Morgan fingerprint density at radius 1 is 0.593 bits per heavy atom. The Morgan fingerprint density at radius 3 is 1.51 bits per heavy atom. The summed E-state index contributed by atoms with van der Waals surface area (Å²) in [6, 6.07) is -1.16. The smallest absolute Gasteiger partial charge is 0.393 e. The van der Waals surface area contributed by atoms with Crippen LogP contribution in [0.5, 0.6) is 0 Å². The van der Waals surface area contributed by atoms with Crippen LogP contribution in [0, 0.1) is 0 Å². The average Bonchev–Trinajstić information content (AvgIpc) is 3.21. The van der Waals surface area contributed by atoms with Gasteiger partial charge in [0.15, 0.2) is 0 Å². The van der Waals surface area contributed by atoms with Crippen LogP contribution in [0.4, 0.5) is 0 Å². The summed E-state index contributed by atoms with van der Waals surface area (Å²) in [4.78, 5) is 23.4. The van der Waals surface area contributed by atoms with Crippen LogP contribution in [0.25, 0.3) is 0 Å². The molecule has 8 unspecified atom stereocenters. The monoisotopic (exact) mass is 864 g/mol. The van der Waals surface area contributed by atoms with E-state index in [2.05, 4.69) is 43.5 Å². The average molecular weight is 864 g/mol. The fourth-order valence-corrected chi connectivity index (χ4v) is 8.42. The normalized spacial score (nSPS) is 23.8. The van der Waals surface area contributed by atoms with Crippen molar-refractivity contribution in [1.29, 1.82) is 0 Å². The van der Waals surface area contributed by atoms with Gasteiger partial charge in [0.25, 0.3) is 0 Å². The van der Waals surface area contributed by atoms with E-state index in [0.29, 0.717) is 12.8 Å². The summed E-state index contributed by atoms with van der Waals surface area (Å²) in [6.07, 6.45) is 23.6. The van der Waals surface area contributed by atoms with Crippen molar-refractivity contribution in [3.05, 3.63) is 24.3 Å². The van der Waals surface area contributed by atoms with Gasteiger partial charge in [0.1, 0.15) is 36.6 Å². The van der Waals surface area contributed by atoms with E-state index in [1.54, 1.807) is 0 Å². The lowest BCUT2D eigenvalue weighted by molar-refractivity contribution is -0.220. The molecule has 348 valence electrons. The lowest BCUT2D eigenvalue weighted by atomic mass is 9.85. The van der Waals surface area contributed by atoms with Crippen molar-refractivity contribution >= 4 is 13.7 Å². The zero-order valence-corrected chi connectivity index (χ0v) is 37.6. The summed E-state index contributed by atoms with van der Waals surface area (Å²) in [5.74, 6) is -0.569. The number of nitrogens with one attached hydrogen (secondary N) is 1. The Morgan fingerprint density at radius 2 is 1.00 bits per heavy atom. The molecule has 1 saturated carbocycles. The number of hydrogen-bond acceptors (Lipinski definition) is 11. The number of hydrogen-bond donors (Lipinski definition) is 9. The van der Waals surface area contributed by atoms with Crippen LogP contribution in [0.1, 0.15) is 194 Å². The molecular weight excluding hydrogens is 777 g/mol. The second-order valence-corrected chi connectivity index (χ2v) is 18.2. The van der Waals surface area contributed by atoms with Gasteiger partial charge < -0.3 is 46.0 Å². The molecule has 1 aliphatic carbocycles. The molecule has 13 nitrogen and oxygen atoms in total. The lowest BCUT2D eigenvalue weighted by Crippen LogP contribution is -2.64. The third-order valence-corrected chi connectivity index (χ3v) is 12.3. The summed E-state index contributed by atoms with van der Waals surface area (Å²) >= 11 is 0. The number of phosphoric acid groups is 1. The van der Waals surface area contributed by atoms with Crippen molar-refractivity contribution in [2.45, 2.75) is 249 Å². The van der Waals surface area contributed by atoms with Crippen LogP contribution in [0.15, 0.2) is 24.3 Å². The highest BCUT2D eigenvalue weighted by molar-refractivity contribution is 7.47. The van der Waals surface area contributed by atoms with Gasteiger partial charge in [0.2, 0.25) is 5.91 Å². The van der Waals surface area contributed by atoms with Crippen molar-refractivity contribution in [3.63, 3.8) is 0 Å². The minimum atomic E-state index is -5.12. The lowest BCUT2D eigenvalue weighted by Gasteiger charge is -2.41. The summed E-state index contributed by atoms with van der Waals surface area (Å²) in [6.45, 7) is 3.75. The molecule has 1 fully saturated rings. The quantitative estimate of drug-likeness (QED) is 0.0166. The topological polar surface area (TPSA) is 226 Å².